The summed E-state index contributed by atoms with van der Waals surface area (Å²) >= 11 is 0. The molecule has 2 aromatic carbocycles. The fourth-order valence-electron chi connectivity index (χ4n) is 2.97. The number of phenolic OH excluding ortho intramolecular Hbond substituents is 2. The van der Waals surface area contributed by atoms with Gasteiger partial charge in [-0.3, -0.25) is 9.69 Å². The van der Waals surface area contributed by atoms with Gasteiger partial charge in [-0.1, -0.05) is 31.2 Å². The monoisotopic (exact) mass is 335 g/mol. The highest BCUT2D eigenvalue weighted by Crippen LogP contribution is 2.23. The van der Waals surface area contributed by atoms with Crippen molar-refractivity contribution in [2.75, 3.05) is 19.6 Å². The van der Waals surface area contributed by atoms with Crippen LogP contribution in [0.5, 0.6) is 11.5 Å². The van der Waals surface area contributed by atoms with Gasteiger partial charge < -0.3 is 10.2 Å². The van der Waals surface area contributed by atoms with Gasteiger partial charge in [-0.2, -0.15) is 0 Å². The molecule has 1 heterocycles. The van der Waals surface area contributed by atoms with Crippen LogP contribution in [-0.2, 0) is 4.79 Å². The Morgan fingerprint density at radius 3 is 1.80 bits per heavy atom. The van der Waals surface area contributed by atoms with E-state index < -0.39 is 0 Å². The summed E-state index contributed by atoms with van der Waals surface area (Å²) in [7, 11) is 0. The molecule has 0 atom stereocenters. The van der Waals surface area contributed by atoms with Crippen LogP contribution in [0.1, 0.15) is 18.1 Å². The van der Waals surface area contributed by atoms with Crippen molar-refractivity contribution in [3.63, 3.8) is 0 Å². The van der Waals surface area contributed by atoms with Crippen LogP contribution in [0.25, 0.3) is 12.2 Å². The third-order valence-electron chi connectivity index (χ3n) is 4.24. The first-order valence-corrected chi connectivity index (χ1v) is 8.31. The van der Waals surface area contributed by atoms with E-state index in [2.05, 4.69) is 11.8 Å². The summed E-state index contributed by atoms with van der Waals surface area (Å²) in [6.07, 6.45) is 3.67. The van der Waals surface area contributed by atoms with Gasteiger partial charge in [0.2, 0.25) is 0 Å². The van der Waals surface area contributed by atoms with Crippen LogP contribution >= 0.6 is 0 Å². The lowest BCUT2D eigenvalue weighted by molar-refractivity contribution is -0.113. The number of carbonyl (C=O) groups excluding carboxylic acids is 1. The lowest BCUT2D eigenvalue weighted by Crippen LogP contribution is -2.37. The van der Waals surface area contributed by atoms with E-state index in [1.807, 2.05) is 24.3 Å². The Labute approximate surface area is 147 Å². The van der Waals surface area contributed by atoms with Crippen LogP contribution in [0.15, 0.2) is 59.7 Å². The molecule has 1 fully saturated rings. The maximum absolute atomic E-state index is 12.9. The predicted octanol–water partition coefficient (Wildman–Crippen LogP) is 3.47. The van der Waals surface area contributed by atoms with E-state index in [0.29, 0.717) is 24.2 Å². The number of aromatic hydroxyl groups is 2. The molecule has 25 heavy (non-hydrogen) atoms. The van der Waals surface area contributed by atoms with Gasteiger partial charge in [0.15, 0.2) is 5.78 Å². The quantitative estimate of drug-likeness (QED) is 0.843. The SMILES string of the molecule is CCN1C/C(=C\c2cccc(O)c2)C(=O)/C(=C/c2cccc(O)c2)C1. The zero-order chi connectivity index (χ0) is 17.8. The molecule has 0 bridgehead atoms. The van der Waals surface area contributed by atoms with Crippen molar-refractivity contribution in [2.24, 2.45) is 0 Å². The summed E-state index contributed by atoms with van der Waals surface area (Å²) in [6, 6.07) is 13.7. The molecule has 3 rings (SSSR count). The predicted molar refractivity (Wildman–Crippen MR) is 99.3 cm³/mol. The fraction of sp³-hybridized carbons (Fsp3) is 0.190. The molecule has 0 aromatic heterocycles. The van der Waals surface area contributed by atoms with E-state index in [0.717, 1.165) is 17.7 Å². The average molecular weight is 335 g/mol. The first kappa shape index (κ1) is 17.0. The van der Waals surface area contributed by atoms with Crippen LogP contribution in [0.2, 0.25) is 0 Å². The summed E-state index contributed by atoms with van der Waals surface area (Å²) in [5, 5.41) is 19.2. The number of piperidine rings is 1. The molecule has 0 aliphatic carbocycles. The highest BCUT2D eigenvalue weighted by molar-refractivity contribution is 6.14. The van der Waals surface area contributed by atoms with Gasteiger partial charge in [0, 0.05) is 24.2 Å². The van der Waals surface area contributed by atoms with Crippen molar-refractivity contribution in [3.05, 3.63) is 70.8 Å². The van der Waals surface area contributed by atoms with Crippen molar-refractivity contribution >= 4 is 17.9 Å². The van der Waals surface area contributed by atoms with Gasteiger partial charge >= 0.3 is 0 Å². The molecule has 2 N–H and O–H groups in total. The number of likely N-dealkylation sites (tertiary alicyclic amines) is 1. The van der Waals surface area contributed by atoms with Gasteiger partial charge in [0.25, 0.3) is 0 Å². The molecular weight excluding hydrogens is 314 g/mol. The zero-order valence-corrected chi connectivity index (χ0v) is 14.1. The zero-order valence-electron chi connectivity index (χ0n) is 14.1. The van der Waals surface area contributed by atoms with Crippen molar-refractivity contribution in [1.29, 1.82) is 0 Å². The Kier molecular flexibility index (Phi) is 5.00. The molecule has 0 spiro atoms. The van der Waals surface area contributed by atoms with Crippen molar-refractivity contribution < 1.29 is 15.0 Å². The normalized spacial score (nSPS) is 18.8. The number of likely N-dealkylation sites (N-methyl/N-ethyl adjacent to an activating group) is 1. The minimum Gasteiger partial charge on any atom is -0.508 e. The van der Waals surface area contributed by atoms with Gasteiger partial charge in [0.05, 0.1) is 0 Å². The van der Waals surface area contributed by atoms with Crippen LogP contribution in [0, 0.1) is 0 Å². The second-order valence-electron chi connectivity index (χ2n) is 6.16. The molecule has 0 saturated carbocycles. The summed E-state index contributed by atoms with van der Waals surface area (Å²) < 4.78 is 0. The Balaban J connectivity index is 1.96. The van der Waals surface area contributed by atoms with Gasteiger partial charge in [0.1, 0.15) is 11.5 Å². The first-order chi connectivity index (χ1) is 12.0. The van der Waals surface area contributed by atoms with Crippen molar-refractivity contribution in [2.45, 2.75) is 6.92 Å². The second kappa shape index (κ2) is 7.36. The van der Waals surface area contributed by atoms with E-state index in [-0.39, 0.29) is 17.3 Å². The first-order valence-electron chi connectivity index (χ1n) is 8.31. The fourth-order valence-corrected chi connectivity index (χ4v) is 2.97. The minimum atomic E-state index is 0.0105. The Morgan fingerprint density at radius 2 is 1.40 bits per heavy atom. The Morgan fingerprint density at radius 1 is 0.920 bits per heavy atom. The Bertz CT molecular complexity index is 784. The van der Waals surface area contributed by atoms with Crippen LogP contribution in [0.3, 0.4) is 0 Å². The number of hydrogen-bond acceptors (Lipinski definition) is 4. The number of benzene rings is 2. The van der Waals surface area contributed by atoms with E-state index in [9.17, 15) is 15.0 Å². The molecule has 1 saturated heterocycles. The molecule has 0 amide bonds. The van der Waals surface area contributed by atoms with Gasteiger partial charge in [-0.05, 0) is 54.1 Å². The number of Topliss-reactive ketones (excluding diaryl/α,β-unsaturated/α-hetero) is 1. The lowest BCUT2D eigenvalue weighted by atomic mass is 9.94. The molecule has 0 radical (unpaired) electrons. The third kappa shape index (κ3) is 4.17. The summed E-state index contributed by atoms with van der Waals surface area (Å²) in [6.45, 7) is 4.07. The van der Waals surface area contributed by atoms with E-state index in [1.54, 1.807) is 36.4 Å². The maximum atomic E-state index is 12.9. The largest absolute Gasteiger partial charge is 0.508 e. The molecule has 128 valence electrons. The van der Waals surface area contributed by atoms with E-state index >= 15 is 0 Å². The molecule has 2 aromatic rings. The smallest absolute Gasteiger partial charge is 0.187 e. The highest BCUT2D eigenvalue weighted by atomic mass is 16.3. The van der Waals surface area contributed by atoms with E-state index in [4.69, 9.17) is 0 Å². The molecule has 1 aliphatic rings. The lowest BCUT2D eigenvalue weighted by Gasteiger charge is -2.28. The number of hydrogen-bond donors (Lipinski definition) is 2. The molecular formula is C21H21NO3. The second-order valence-corrected chi connectivity index (χ2v) is 6.16. The van der Waals surface area contributed by atoms with Gasteiger partial charge in [-0.25, -0.2) is 0 Å². The minimum absolute atomic E-state index is 0.0105. The highest BCUT2D eigenvalue weighted by Gasteiger charge is 2.25. The van der Waals surface area contributed by atoms with Gasteiger partial charge in [-0.15, -0.1) is 0 Å². The molecule has 4 nitrogen and oxygen atoms in total. The summed E-state index contributed by atoms with van der Waals surface area (Å²) in [5.41, 5.74) is 3.01. The van der Waals surface area contributed by atoms with Crippen LogP contribution in [0.4, 0.5) is 0 Å². The maximum Gasteiger partial charge on any atom is 0.187 e. The number of rotatable bonds is 3. The summed E-state index contributed by atoms with van der Waals surface area (Å²) in [4.78, 5) is 15.1. The topological polar surface area (TPSA) is 60.8 Å². The van der Waals surface area contributed by atoms with Crippen LogP contribution < -0.4 is 0 Å². The number of carbonyl (C=O) groups is 1. The standard InChI is InChI=1S/C21H21NO3/c1-2-22-13-17(9-15-5-3-7-19(23)11-15)21(25)18(14-22)10-16-6-4-8-20(24)12-16/h3-12,23-24H,2,13-14H2,1H3/b17-9+,18-10+. The number of ketones is 1. The Hall–Kier alpha value is -2.85. The van der Waals surface area contributed by atoms with E-state index in [1.165, 1.54) is 0 Å². The van der Waals surface area contributed by atoms with Crippen molar-refractivity contribution in [1.82, 2.24) is 4.90 Å². The number of phenols is 2. The third-order valence-corrected chi connectivity index (χ3v) is 4.24. The van der Waals surface area contributed by atoms with Crippen molar-refractivity contribution in [3.8, 4) is 11.5 Å². The molecule has 0 unspecified atom stereocenters. The van der Waals surface area contributed by atoms with Crippen LogP contribution in [-0.4, -0.2) is 40.5 Å². The number of nitrogens with zero attached hydrogens (tertiary/aromatic N) is 1. The summed E-state index contributed by atoms with van der Waals surface area (Å²) in [5.74, 6) is 0.373. The molecule has 1 aliphatic heterocycles. The molecule has 4 heteroatoms. The average Bonchev–Trinajstić information content (AvgIpc) is 2.58.